The summed E-state index contributed by atoms with van der Waals surface area (Å²) in [5.41, 5.74) is 6.72. The molecule has 0 atom stereocenters. The molecule has 0 spiro atoms. The lowest BCUT2D eigenvalue weighted by Crippen LogP contribution is -2.24. The Morgan fingerprint density at radius 3 is 2.94 bits per heavy atom. The third kappa shape index (κ3) is 3.72. The Balaban J connectivity index is 2.69. The van der Waals surface area contributed by atoms with E-state index in [9.17, 15) is 4.79 Å². The van der Waals surface area contributed by atoms with E-state index >= 15 is 0 Å². The van der Waals surface area contributed by atoms with Gasteiger partial charge in [0.25, 0.3) is 5.91 Å². The number of rotatable bonds is 5. The zero-order valence-corrected chi connectivity index (χ0v) is 9.82. The van der Waals surface area contributed by atoms with Crippen molar-refractivity contribution in [2.45, 2.75) is 13.3 Å². The van der Waals surface area contributed by atoms with E-state index in [0.29, 0.717) is 36.6 Å². The van der Waals surface area contributed by atoms with Gasteiger partial charge in [0, 0.05) is 18.5 Å². The van der Waals surface area contributed by atoms with E-state index in [1.165, 1.54) is 0 Å². The number of anilines is 1. The van der Waals surface area contributed by atoms with Gasteiger partial charge in [0.2, 0.25) is 0 Å². The van der Waals surface area contributed by atoms with Crippen molar-refractivity contribution in [2.75, 3.05) is 18.9 Å². The average Bonchev–Trinajstić information content (AvgIpc) is 2.32. The number of carbonyl (C=O) groups is 1. The number of carbonyl (C=O) groups excluding carboxylic acids is 1. The quantitative estimate of drug-likeness (QED) is 0.458. The number of ether oxygens (including phenoxy) is 1. The predicted molar refractivity (Wildman–Crippen MR) is 67.8 cm³/mol. The van der Waals surface area contributed by atoms with Crippen LogP contribution in [-0.4, -0.2) is 19.1 Å². The van der Waals surface area contributed by atoms with Crippen LogP contribution in [0.1, 0.15) is 23.7 Å². The maximum atomic E-state index is 11.7. The SMILES string of the molecule is C#CCCNC(=O)c1ccc(OCC)c(N)c1. The zero-order valence-electron chi connectivity index (χ0n) is 9.82. The Morgan fingerprint density at radius 1 is 1.59 bits per heavy atom. The molecule has 4 heteroatoms. The van der Waals surface area contributed by atoms with Gasteiger partial charge in [-0.15, -0.1) is 12.3 Å². The molecule has 4 nitrogen and oxygen atoms in total. The van der Waals surface area contributed by atoms with Crippen molar-refractivity contribution in [3.63, 3.8) is 0 Å². The lowest BCUT2D eigenvalue weighted by Gasteiger charge is -2.08. The van der Waals surface area contributed by atoms with Crippen LogP contribution in [-0.2, 0) is 0 Å². The summed E-state index contributed by atoms with van der Waals surface area (Å²) in [4.78, 5) is 11.7. The number of hydrogen-bond acceptors (Lipinski definition) is 3. The molecule has 1 aromatic carbocycles. The maximum absolute atomic E-state index is 11.7. The van der Waals surface area contributed by atoms with Gasteiger partial charge in [-0.25, -0.2) is 0 Å². The van der Waals surface area contributed by atoms with Crippen LogP contribution in [0.2, 0.25) is 0 Å². The number of terminal acetylenes is 1. The van der Waals surface area contributed by atoms with Gasteiger partial charge < -0.3 is 15.8 Å². The summed E-state index contributed by atoms with van der Waals surface area (Å²) in [7, 11) is 0. The van der Waals surface area contributed by atoms with Gasteiger partial charge in [-0.2, -0.15) is 0 Å². The molecule has 0 bridgehead atoms. The van der Waals surface area contributed by atoms with Crippen molar-refractivity contribution in [1.29, 1.82) is 0 Å². The van der Waals surface area contributed by atoms with E-state index in [0.717, 1.165) is 0 Å². The number of benzene rings is 1. The molecule has 0 unspecified atom stereocenters. The summed E-state index contributed by atoms with van der Waals surface area (Å²) in [6.07, 6.45) is 5.61. The van der Waals surface area contributed by atoms with Crippen molar-refractivity contribution >= 4 is 11.6 Å². The number of amides is 1. The minimum Gasteiger partial charge on any atom is -0.492 e. The van der Waals surface area contributed by atoms with Crippen LogP contribution in [0.3, 0.4) is 0 Å². The molecule has 17 heavy (non-hydrogen) atoms. The summed E-state index contributed by atoms with van der Waals surface area (Å²) in [5, 5.41) is 2.70. The fourth-order valence-corrected chi connectivity index (χ4v) is 1.33. The van der Waals surface area contributed by atoms with Crippen LogP contribution >= 0.6 is 0 Å². The Kier molecular flexibility index (Phi) is 4.89. The molecule has 0 aliphatic heterocycles. The highest BCUT2D eigenvalue weighted by molar-refractivity contribution is 5.95. The molecule has 0 aliphatic rings. The fraction of sp³-hybridized carbons (Fsp3) is 0.308. The Labute approximate surface area is 101 Å². The number of hydrogen-bond donors (Lipinski definition) is 2. The van der Waals surface area contributed by atoms with E-state index in [1.807, 2.05) is 6.92 Å². The molecule has 1 rings (SSSR count). The summed E-state index contributed by atoms with van der Waals surface area (Å²) in [6.45, 7) is 2.88. The van der Waals surface area contributed by atoms with Gasteiger partial charge >= 0.3 is 0 Å². The molecular formula is C13H16N2O2. The summed E-state index contributed by atoms with van der Waals surface area (Å²) >= 11 is 0. The van der Waals surface area contributed by atoms with Crippen molar-refractivity contribution in [3.8, 4) is 18.1 Å². The molecule has 0 aromatic heterocycles. The Bertz CT molecular complexity index is 436. The van der Waals surface area contributed by atoms with E-state index in [1.54, 1.807) is 18.2 Å². The van der Waals surface area contributed by atoms with Crippen LogP contribution in [0, 0.1) is 12.3 Å². The molecular weight excluding hydrogens is 216 g/mol. The molecule has 0 saturated heterocycles. The molecule has 0 fully saturated rings. The van der Waals surface area contributed by atoms with Crippen LogP contribution in [0.5, 0.6) is 5.75 Å². The molecule has 90 valence electrons. The van der Waals surface area contributed by atoms with E-state index < -0.39 is 0 Å². The van der Waals surface area contributed by atoms with Crippen LogP contribution < -0.4 is 15.8 Å². The van der Waals surface area contributed by atoms with Gasteiger partial charge in [-0.3, -0.25) is 4.79 Å². The topological polar surface area (TPSA) is 64.3 Å². The van der Waals surface area contributed by atoms with Crippen molar-refractivity contribution in [3.05, 3.63) is 23.8 Å². The van der Waals surface area contributed by atoms with Crippen molar-refractivity contribution < 1.29 is 9.53 Å². The first-order valence-corrected chi connectivity index (χ1v) is 5.43. The molecule has 0 radical (unpaired) electrons. The largest absolute Gasteiger partial charge is 0.492 e. The monoisotopic (exact) mass is 232 g/mol. The van der Waals surface area contributed by atoms with Crippen LogP contribution in [0.15, 0.2) is 18.2 Å². The zero-order chi connectivity index (χ0) is 12.7. The lowest BCUT2D eigenvalue weighted by molar-refractivity contribution is 0.0954. The van der Waals surface area contributed by atoms with Crippen molar-refractivity contribution in [2.24, 2.45) is 0 Å². The lowest BCUT2D eigenvalue weighted by atomic mass is 10.1. The first-order valence-electron chi connectivity index (χ1n) is 5.43. The van der Waals surface area contributed by atoms with Gasteiger partial charge in [-0.1, -0.05) is 0 Å². The highest BCUT2D eigenvalue weighted by Crippen LogP contribution is 2.22. The van der Waals surface area contributed by atoms with Crippen LogP contribution in [0.25, 0.3) is 0 Å². The standard InChI is InChI=1S/C13H16N2O2/c1-3-5-8-15-13(16)10-6-7-12(17-4-2)11(14)9-10/h1,6-7,9H,4-5,8,14H2,2H3,(H,15,16). The second-order valence-corrected chi connectivity index (χ2v) is 3.40. The van der Waals surface area contributed by atoms with E-state index in [4.69, 9.17) is 16.9 Å². The summed E-state index contributed by atoms with van der Waals surface area (Å²) in [6, 6.07) is 4.96. The highest BCUT2D eigenvalue weighted by atomic mass is 16.5. The number of nitrogens with one attached hydrogen (secondary N) is 1. The Morgan fingerprint density at radius 2 is 2.35 bits per heavy atom. The van der Waals surface area contributed by atoms with Crippen LogP contribution in [0.4, 0.5) is 5.69 Å². The molecule has 3 N–H and O–H groups in total. The van der Waals surface area contributed by atoms with Gasteiger partial charge in [-0.05, 0) is 25.1 Å². The molecule has 0 aliphatic carbocycles. The smallest absolute Gasteiger partial charge is 0.251 e. The first-order chi connectivity index (χ1) is 8.19. The molecule has 0 saturated carbocycles. The third-order valence-corrected chi connectivity index (χ3v) is 2.13. The van der Waals surface area contributed by atoms with Gasteiger partial charge in [0.1, 0.15) is 5.75 Å². The molecule has 1 aromatic rings. The van der Waals surface area contributed by atoms with E-state index in [-0.39, 0.29) is 5.91 Å². The van der Waals surface area contributed by atoms with Crippen molar-refractivity contribution in [1.82, 2.24) is 5.32 Å². The highest BCUT2D eigenvalue weighted by Gasteiger charge is 2.07. The first kappa shape index (κ1) is 12.9. The second kappa shape index (κ2) is 6.44. The minimum absolute atomic E-state index is 0.185. The summed E-state index contributed by atoms with van der Waals surface area (Å²) in [5.74, 6) is 2.86. The number of nitrogen functional groups attached to an aromatic ring is 1. The third-order valence-electron chi connectivity index (χ3n) is 2.13. The number of nitrogens with two attached hydrogens (primary N) is 1. The van der Waals surface area contributed by atoms with Gasteiger partial charge in [0.05, 0.1) is 12.3 Å². The second-order valence-electron chi connectivity index (χ2n) is 3.40. The van der Waals surface area contributed by atoms with E-state index in [2.05, 4.69) is 11.2 Å². The average molecular weight is 232 g/mol. The Hall–Kier alpha value is -2.15. The molecule has 1 amide bonds. The predicted octanol–water partition coefficient (Wildman–Crippen LogP) is 1.42. The minimum atomic E-state index is -0.185. The summed E-state index contributed by atoms with van der Waals surface area (Å²) < 4.78 is 5.29. The maximum Gasteiger partial charge on any atom is 0.251 e. The van der Waals surface area contributed by atoms with Gasteiger partial charge in [0.15, 0.2) is 0 Å². The fourth-order valence-electron chi connectivity index (χ4n) is 1.33. The molecule has 0 heterocycles. The normalized spacial score (nSPS) is 9.41.